The van der Waals surface area contributed by atoms with Crippen LogP contribution in [-0.2, 0) is 11.8 Å². The molecule has 3 heterocycles. The fourth-order valence-corrected chi connectivity index (χ4v) is 3.94. The van der Waals surface area contributed by atoms with Gasteiger partial charge in [-0.3, -0.25) is 0 Å². The fraction of sp³-hybridized carbons (Fsp3) is 0.647. The summed E-state index contributed by atoms with van der Waals surface area (Å²) >= 11 is 0. The summed E-state index contributed by atoms with van der Waals surface area (Å²) < 4.78 is 0. The van der Waals surface area contributed by atoms with Crippen molar-refractivity contribution in [2.75, 3.05) is 19.6 Å². The Morgan fingerprint density at radius 1 is 0.895 bits per heavy atom. The standard InChI is InChI=1S/C17H23NO/c19-17(5-6-17)13-14-1-3-15(4-2-14)16-7-10-18(11-8-16)12-9-16/h1-4,19H,5-13H2. The molecule has 0 aromatic heterocycles. The van der Waals surface area contributed by atoms with Crippen molar-refractivity contribution in [3.8, 4) is 0 Å². The summed E-state index contributed by atoms with van der Waals surface area (Å²) in [6.07, 6.45) is 6.79. The molecule has 2 heteroatoms. The van der Waals surface area contributed by atoms with E-state index in [-0.39, 0.29) is 5.60 Å². The third kappa shape index (κ3) is 2.11. The van der Waals surface area contributed by atoms with Gasteiger partial charge in [-0.1, -0.05) is 24.3 Å². The number of nitrogens with zero attached hydrogens (tertiary/aromatic N) is 1. The molecule has 1 aromatic rings. The Balaban J connectivity index is 1.55. The number of hydrogen-bond donors (Lipinski definition) is 1. The maximum absolute atomic E-state index is 10.00. The van der Waals surface area contributed by atoms with Gasteiger partial charge >= 0.3 is 0 Å². The van der Waals surface area contributed by atoms with E-state index in [0.717, 1.165) is 19.3 Å². The highest BCUT2D eigenvalue weighted by molar-refractivity contribution is 5.32. The van der Waals surface area contributed by atoms with Crippen molar-refractivity contribution in [2.45, 2.75) is 49.5 Å². The Morgan fingerprint density at radius 2 is 1.47 bits per heavy atom. The molecular weight excluding hydrogens is 234 g/mol. The summed E-state index contributed by atoms with van der Waals surface area (Å²) in [5, 5.41) is 10.00. The van der Waals surface area contributed by atoms with Crippen molar-refractivity contribution in [3.63, 3.8) is 0 Å². The van der Waals surface area contributed by atoms with Gasteiger partial charge in [0, 0.05) is 6.42 Å². The van der Waals surface area contributed by atoms with E-state index in [9.17, 15) is 5.11 Å². The average Bonchev–Trinajstić information content (AvgIpc) is 3.19. The largest absolute Gasteiger partial charge is 0.390 e. The zero-order valence-corrected chi connectivity index (χ0v) is 11.6. The highest BCUT2D eigenvalue weighted by atomic mass is 16.3. The monoisotopic (exact) mass is 257 g/mol. The molecule has 2 bridgehead atoms. The van der Waals surface area contributed by atoms with Crippen molar-refractivity contribution in [1.29, 1.82) is 0 Å². The molecule has 4 fully saturated rings. The van der Waals surface area contributed by atoms with Gasteiger partial charge in [-0.05, 0) is 68.3 Å². The van der Waals surface area contributed by atoms with Crippen LogP contribution >= 0.6 is 0 Å². The fourth-order valence-electron chi connectivity index (χ4n) is 3.94. The maximum Gasteiger partial charge on any atom is 0.0690 e. The third-order valence-electron chi connectivity index (χ3n) is 5.65. The van der Waals surface area contributed by atoms with Crippen LogP contribution < -0.4 is 0 Å². The summed E-state index contributed by atoms with van der Waals surface area (Å²) in [7, 11) is 0. The highest BCUT2D eigenvalue weighted by Gasteiger charge is 2.41. The van der Waals surface area contributed by atoms with Crippen LogP contribution in [0.15, 0.2) is 24.3 Å². The van der Waals surface area contributed by atoms with Gasteiger partial charge in [-0.15, -0.1) is 0 Å². The predicted octanol–water partition coefficient (Wildman–Crippen LogP) is 2.49. The molecule has 102 valence electrons. The smallest absolute Gasteiger partial charge is 0.0690 e. The van der Waals surface area contributed by atoms with E-state index in [1.165, 1.54) is 44.5 Å². The molecule has 1 N–H and O–H groups in total. The van der Waals surface area contributed by atoms with Crippen LogP contribution in [0.25, 0.3) is 0 Å². The Labute approximate surface area is 115 Å². The van der Waals surface area contributed by atoms with Crippen molar-refractivity contribution >= 4 is 0 Å². The lowest BCUT2D eigenvalue weighted by Gasteiger charge is -2.49. The van der Waals surface area contributed by atoms with E-state index in [1.807, 2.05) is 0 Å². The Kier molecular flexibility index (Phi) is 2.55. The minimum absolute atomic E-state index is 0.365. The molecule has 5 rings (SSSR count). The number of hydrogen-bond acceptors (Lipinski definition) is 2. The lowest BCUT2D eigenvalue weighted by atomic mass is 9.67. The van der Waals surface area contributed by atoms with Gasteiger partial charge in [-0.2, -0.15) is 0 Å². The number of rotatable bonds is 3. The van der Waals surface area contributed by atoms with Crippen LogP contribution in [0.4, 0.5) is 0 Å². The van der Waals surface area contributed by atoms with Crippen molar-refractivity contribution in [3.05, 3.63) is 35.4 Å². The molecule has 3 aliphatic heterocycles. The highest BCUT2D eigenvalue weighted by Crippen LogP contribution is 2.43. The Morgan fingerprint density at radius 3 is 2.00 bits per heavy atom. The molecule has 4 aliphatic rings. The second-order valence-corrected chi connectivity index (χ2v) is 6.97. The van der Waals surface area contributed by atoms with E-state index in [0.29, 0.717) is 5.41 Å². The normalized spacial score (nSPS) is 35.3. The molecule has 0 amide bonds. The first-order valence-corrected chi connectivity index (χ1v) is 7.72. The van der Waals surface area contributed by atoms with Gasteiger partial charge in [0.2, 0.25) is 0 Å². The van der Waals surface area contributed by atoms with E-state index in [2.05, 4.69) is 29.2 Å². The van der Waals surface area contributed by atoms with Gasteiger partial charge in [0.05, 0.1) is 5.60 Å². The van der Waals surface area contributed by atoms with Gasteiger partial charge in [0.15, 0.2) is 0 Å². The second kappa shape index (κ2) is 4.07. The molecule has 2 nitrogen and oxygen atoms in total. The number of aliphatic hydroxyl groups is 1. The van der Waals surface area contributed by atoms with Crippen molar-refractivity contribution in [1.82, 2.24) is 4.90 Å². The second-order valence-electron chi connectivity index (χ2n) is 6.97. The first-order valence-electron chi connectivity index (χ1n) is 7.72. The molecule has 0 unspecified atom stereocenters. The first-order chi connectivity index (χ1) is 9.18. The molecule has 0 spiro atoms. The van der Waals surface area contributed by atoms with Gasteiger partial charge in [0.1, 0.15) is 0 Å². The number of fused-ring (bicyclic) bond motifs is 3. The SMILES string of the molecule is OC1(Cc2ccc(C34CCN(CC3)CC4)cc2)CC1. The van der Waals surface area contributed by atoms with Gasteiger partial charge < -0.3 is 10.0 Å². The topological polar surface area (TPSA) is 23.5 Å². The molecule has 19 heavy (non-hydrogen) atoms. The Hall–Kier alpha value is -0.860. The van der Waals surface area contributed by atoms with Crippen LogP contribution in [0.1, 0.15) is 43.2 Å². The zero-order chi connectivity index (χ0) is 12.9. The van der Waals surface area contributed by atoms with E-state index >= 15 is 0 Å². The summed E-state index contributed by atoms with van der Waals surface area (Å²) in [6, 6.07) is 9.17. The molecule has 3 saturated heterocycles. The number of piperidine rings is 3. The molecular formula is C17H23NO. The average molecular weight is 257 g/mol. The van der Waals surface area contributed by atoms with Crippen molar-refractivity contribution in [2.24, 2.45) is 0 Å². The predicted molar refractivity (Wildman–Crippen MR) is 76.3 cm³/mol. The van der Waals surface area contributed by atoms with E-state index in [1.54, 1.807) is 5.56 Å². The van der Waals surface area contributed by atoms with Gasteiger partial charge in [-0.25, -0.2) is 0 Å². The van der Waals surface area contributed by atoms with Crippen LogP contribution in [0, 0.1) is 0 Å². The van der Waals surface area contributed by atoms with Crippen molar-refractivity contribution < 1.29 is 5.11 Å². The quantitative estimate of drug-likeness (QED) is 0.899. The van der Waals surface area contributed by atoms with Gasteiger partial charge in [0.25, 0.3) is 0 Å². The summed E-state index contributed by atoms with van der Waals surface area (Å²) in [5.41, 5.74) is 2.94. The zero-order valence-electron chi connectivity index (χ0n) is 11.6. The molecule has 1 saturated carbocycles. The number of benzene rings is 1. The minimum atomic E-state index is -0.365. The Bertz CT molecular complexity index is 453. The molecule has 1 aliphatic carbocycles. The van der Waals surface area contributed by atoms with E-state index in [4.69, 9.17) is 0 Å². The lowest BCUT2D eigenvalue weighted by Crippen LogP contribution is -2.50. The summed E-state index contributed by atoms with van der Waals surface area (Å²) in [5.74, 6) is 0. The summed E-state index contributed by atoms with van der Waals surface area (Å²) in [4.78, 5) is 2.60. The third-order valence-corrected chi connectivity index (χ3v) is 5.65. The minimum Gasteiger partial charge on any atom is -0.390 e. The first kappa shape index (κ1) is 11.9. The van der Waals surface area contributed by atoms with Crippen LogP contribution in [0.5, 0.6) is 0 Å². The van der Waals surface area contributed by atoms with Crippen LogP contribution in [0.3, 0.4) is 0 Å². The van der Waals surface area contributed by atoms with E-state index < -0.39 is 0 Å². The van der Waals surface area contributed by atoms with Crippen LogP contribution in [0.2, 0.25) is 0 Å². The molecule has 1 aromatic carbocycles. The molecule has 0 radical (unpaired) electrons. The molecule has 0 atom stereocenters. The lowest BCUT2D eigenvalue weighted by molar-refractivity contribution is 0.0817. The maximum atomic E-state index is 10.00. The summed E-state index contributed by atoms with van der Waals surface area (Å²) in [6.45, 7) is 3.84. The van der Waals surface area contributed by atoms with Crippen LogP contribution in [-0.4, -0.2) is 35.2 Å².